The summed E-state index contributed by atoms with van der Waals surface area (Å²) in [5, 5.41) is 3.50. The zero-order valence-electron chi connectivity index (χ0n) is 8.83. The van der Waals surface area contributed by atoms with Crippen molar-refractivity contribution in [3.63, 3.8) is 0 Å². The fraction of sp³-hybridized carbons (Fsp3) is 0.0909. The molecule has 17 heavy (non-hydrogen) atoms. The Morgan fingerprint density at radius 3 is 2.88 bits per heavy atom. The highest BCUT2D eigenvalue weighted by Crippen LogP contribution is 2.21. The van der Waals surface area contributed by atoms with Crippen LogP contribution in [0.4, 0.5) is 10.1 Å². The van der Waals surface area contributed by atoms with Gasteiger partial charge in [0.05, 0.1) is 15.7 Å². The highest BCUT2D eigenvalue weighted by atomic mass is 79.9. The molecule has 0 bridgehead atoms. The summed E-state index contributed by atoms with van der Waals surface area (Å²) in [6.45, 7) is 1.83. The molecule has 2 rings (SSSR count). The number of hydrogen-bond acceptors (Lipinski definition) is 3. The van der Waals surface area contributed by atoms with E-state index < -0.39 is 0 Å². The number of anilines is 1. The molecule has 1 aromatic carbocycles. The molecule has 1 amide bonds. The van der Waals surface area contributed by atoms with E-state index in [1.807, 2.05) is 6.92 Å². The Kier molecular flexibility index (Phi) is 3.54. The Hall–Kier alpha value is -1.27. The van der Waals surface area contributed by atoms with E-state index in [4.69, 9.17) is 0 Å². The van der Waals surface area contributed by atoms with Crippen LogP contribution < -0.4 is 5.32 Å². The minimum atomic E-state index is -0.364. The van der Waals surface area contributed by atoms with Gasteiger partial charge in [-0.15, -0.1) is 11.3 Å². The zero-order chi connectivity index (χ0) is 12.4. The van der Waals surface area contributed by atoms with Crippen molar-refractivity contribution in [3.8, 4) is 0 Å². The van der Waals surface area contributed by atoms with Crippen LogP contribution >= 0.6 is 27.3 Å². The van der Waals surface area contributed by atoms with E-state index in [1.165, 1.54) is 35.7 Å². The third kappa shape index (κ3) is 2.89. The Labute approximate surface area is 110 Å². The lowest BCUT2D eigenvalue weighted by Gasteiger charge is -2.04. The Morgan fingerprint density at radius 1 is 1.53 bits per heavy atom. The minimum Gasteiger partial charge on any atom is -0.321 e. The quantitative estimate of drug-likeness (QED) is 0.920. The summed E-state index contributed by atoms with van der Waals surface area (Å²) in [5.41, 5.74) is 0.536. The molecule has 0 saturated carbocycles. The van der Waals surface area contributed by atoms with Crippen LogP contribution in [0.2, 0.25) is 0 Å². The summed E-state index contributed by atoms with van der Waals surface area (Å²) in [4.78, 5) is 16.3. The first-order chi connectivity index (χ1) is 8.06. The molecular weight excluding hydrogens is 307 g/mol. The van der Waals surface area contributed by atoms with E-state index in [9.17, 15) is 9.18 Å². The maximum absolute atomic E-state index is 13.0. The predicted octanol–water partition coefficient (Wildman–Crippen LogP) is 3.61. The van der Waals surface area contributed by atoms with Crippen molar-refractivity contribution in [2.45, 2.75) is 6.92 Å². The summed E-state index contributed by atoms with van der Waals surface area (Å²) in [6.07, 6.45) is 1.52. The van der Waals surface area contributed by atoms with Crippen LogP contribution in [0.3, 0.4) is 0 Å². The first-order valence-electron chi connectivity index (χ1n) is 4.75. The van der Waals surface area contributed by atoms with Gasteiger partial charge in [-0.1, -0.05) is 0 Å². The molecule has 0 unspecified atom stereocenters. The molecule has 3 nitrogen and oxygen atoms in total. The Morgan fingerprint density at radius 2 is 2.29 bits per heavy atom. The molecule has 0 aliphatic carbocycles. The van der Waals surface area contributed by atoms with E-state index in [0.717, 1.165) is 5.01 Å². The van der Waals surface area contributed by atoms with Gasteiger partial charge in [0.15, 0.2) is 0 Å². The van der Waals surface area contributed by atoms with Crippen molar-refractivity contribution >= 4 is 38.9 Å². The highest BCUT2D eigenvalue weighted by molar-refractivity contribution is 9.10. The molecular formula is C11H8BrFN2OS. The average Bonchev–Trinajstić information content (AvgIpc) is 2.70. The smallest absolute Gasteiger partial charge is 0.267 e. The lowest BCUT2D eigenvalue weighted by atomic mass is 10.3. The van der Waals surface area contributed by atoms with E-state index in [1.54, 1.807) is 0 Å². The number of benzene rings is 1. The number of halogens is 2. The van der Waals surface area contributed by atoms with Gasteiger partial charge < -0.3 is 5.32 Å². The number of amides is 1. The lowest BCUT2D eigenvalue weighted by Crippen LogP contribution is -2.10. The van der Waals surface area contributed by atoms with E-state index >= 15 is 0 Å². The van der Waals surface area contributed by atoms with Crippen molar-refractivity contribution in [2.75, 3.05) is 5.32 Å². The number of nitrogens with zero attached hydrogens (tertiary/aromatic N) is 1. The van der Waals surface area contributed by atoms with Gasteiger partial charge in [-0.3, -0.25) is 4.79 Å². The van der Waals surface area contributed by atoms with Crippen LogP contribution in [0.25, 0.3) is 0 Å². The molecule has 1 N–H and O–H groups in total. The highest BCUT2D eigenvalue weighted by Gasteiger charge is 2.10. The van der Waals surface area contributed by atoms with Gasteiger partial charge in [0.25, 0.3) is 5.91 Å². The average molecular weight is 315 g/mol. The van der Waals surface area contributed by atoms with Crippen LogP contribution in [0.1, 0.15) is 14.7 Å². The predicted molar refractivity (Wildman–Crippen MR) is 68.9 cm³/mol. The van der Waals surface area contributed by atoms with Crippen molar-refractivity contribution in [1.82, 2.24) is 4.98 Å². The number of hydrogen-bond donors (Lipinski definition) is 1. The number of rotatable bonds is 2. The first-order valence-corrected chi connectivity index (χ1v) is 6.36. The molecule has 88 valence electrons. The number of carbonyl (C=O) groups excluding carboxylic acids is 1. The molecule has 0 saturated heterocycles. The third-order valence-corrected chi connectivity index (χ3v) is 3.54. The zero-order valence-corrected chi connectivity index (χ0v) is 11.2. The number of aromatic nitrogens is 1. The Bertz CT molecular complexity index is 570. The summed E-state index contributed by atoms with van der Waals surface area (Å²) in [7, 11) is 0. The third-order valence-electron chi connectivity index (χ3n) is 2.02. The molecule has 0 atom stereocenters. The van der Waals surface area contributed by atoms with Gasteiger partial charge in [-0.25, -0.2) is 9.37 Å². The van der Waals surface area contributed by atoms with Gasteiger partial charge in [0, 0.05) is 5.69 Å². The molecule has 2 aromatic rings. The van der Waals surface area contributed by atoms with Crippen molar-refractivity contribution in [3.05, 3.63) is 44.6 Å². The van der Waals surface area contributed by atoms with Gasteiger partial charge in [-0.05, 0) is 41.1 Å². The molecule has 0 aliphatic rings. The maximum Gasteiger partial charge on any atom is 0.267 e. The summed E-state index contributed by atoms with van der Waals surface area (Å²) in [6, 6.07) is 4.31. The van der Waals surface area contributed by atoms with E-state index in [-0.39, 0.29) is 11.7 Å². The SMILES string of the molecule is Cc1ncc(C(=O)Nc2ccc(F)c(Br)c2)s1. The number of thiazole rings is 1. The van der Waals surface area contributed by atoms with Gasteiger partial charge in [0.1, 0.15) is 10.7 Å². The largest absolute Gasteiger partial charge is 0.321 e. The normalized spacial score (nSPS) is 10.3. The summed E-state index contributed by atoms with van der Waals surface area (Å²) >= 11 is 4.37. The molecule has 0 fully saturated rings. The molecule has 0 spiro atoms. The standard InChI is InChI=1S/C11H8BrFN2OS/c1-6-14-5-10(17-6)11(16)15-7-2-3-9(13)8(12)4-7/h2-5H,1H3,(H,15,16). The number of nitrogens with one attached hydrogen (secondary N) is 1. The number of aryl methyl sites for hydroxylation is 1. The maximum atomic E-state index is 13.0. The van der Waals surface area contributed by atoms with E-state index in [0.29, 0.717) is 15.0 Å². The van der Waals surface area contributed by atoms with Gasteiger partial charge in [0.2, 0.25) is 0 Å². The van der Waals surface area contributed by atoms with Gasteiger partial charge in [-0.2, -0.15) is 0 Å². The van der Waals surface area contributed by atoms with Crippen LogP contribution in [0.5, 0.6) is 0 Å². The van der Waals surface area contributed by atoms with Crippen molar-refractivity contribution in [1.29, 1.82) is 0 Å². The fourth-order valence-corrected chi connectivity index (χ4v) is 2.28. The van der Waals surface area contributed by atoms with Gasteiger partial charge >= 0.3 is 0 Å². The Balaban J connectivity index is 2.15. The van der Waals surface area contributed by atoms with Crippen LogP contribution in [-0.4, -0.2) is 10.9 Å². The minimum absolute atomic E-state index is 0.242. The number of carbonyl (C=O) groups is 1. The van der Waals surface area contributed by atoms with Crippen LogP contribution in [-0.2, 0) is 0 Å². The molecule has 1 heterocycles. The first kappa shape index (κ1) is 12.2. The fourth-order valence-electron chi connectivity index (χ4n) is 1.23. The topological polar surface area (TPSA) is 42.0 Å². The van der Waals surface area contributed by atoms with E-state index in [2.05, 4.69) is 26.2 Å². The summed E-state index contributed by atoms with van der Waals surface area (Å²) < 4.78 is 13.3. The monoisotopic (exact) mass is 314 g/mol. The van der Waals surface area contributed by atoms with Crippen LogP contribution in [0, 0.1) is 12.7 Å². The second-order valence-electron chi connectivity index (χ2n) is 3.33. The summed E-state index contributed by atoms with van der Waals surface area (Å²) in [5.74, 6) is -0.606. The second kappa shape index (κ2) is 4.93. The van der Waals surface area contributed by atoms with Crippen molar-refractivity contribution in [2.24, 2.45) is 0 Å². The molecule has 6 heteroatoms. The molecule has 0 aliphatic heterocycles. The van der Waals surface area contributed by atoms with Crippen LogP contribution in [0.15, 0.2) is 28.9 Å². The van der Waals surface area contributed by atoms with Crippen molar-refractivity contribution < 1.29 is 9.18 Å². The second-order valence-corrected chi connectivity index (χ2v) is 5.42. The lowest BCUT2D eigenvalue weighted by molar-refractivity contribution is 0.103. The molecule has 0 radical (unpaired) electrons. The molecule has 1 aromatic heterocycles.